The van der Waals surface area contributed by atoms with E-state index in [2.05, 4.69) is 5.32 Å². The Hall–Kier alpha value is -1.14. The van der Waals surface area contributed by atoms with Gasteiger partial charge in [-0.2, -0.15) is 0 Å². The lowest BCUT2D eigenvalue weighted by molar-refractivity contribution is -0.128. The minimum atomic E-state index is -0.583. The number of imide groups is 1. The molecule has 74 valence electrons. The van der Waals surface area contributed by atoms with E-state index in [4.69, 9.17) is 10.8 Å². The zero-order chi connectivity index (χ0) is 9.84. The number of hydrogen-bond donors (Lipinski definition) is 3. The normalized spacial score (nSPS) is 18.6. The molecule has 1 saturated heterocycles. The molecule has 0 radical (unpaired) electrons. The standard InChI is InChI=1S/C7H13N3O3/c8-5(4-11)3-6(12)10-2-1-9-7(10)13/h5,11H,1-4,8H2,(H,9,13)/t5-/m1/s1. The van der Waals surface area contributed by atoms with Gasteiger partial charge in [0.1, 0.15) is 0 Å². The fourth-order valence-corrected chi connectivity index (χ4v) is 1.11. The van der Waals surface area contributed by atoms with E-state index < -0.39 is 6.04 Å². The van der Waals surface area contributed by atoms with Gasteiger partial charge in [-0.25, -0.2) is 4.79 Å². The fourth-order valence-electron chi connectivity index (χ4n) is 1.11. The summed E-state index contributed by atoms with van der Waals surface area (Å²) in [6.45, 7) is 0.621. The number of rotatable bonds is 3. The minimum absolute atomic E-state index is 0.00389. The lowest BCUT2D eigenvalue weighted by Gasteiger charge is -2.14. The van der Waals surface area contributed by atoms with E-state index in [0.717, 1.165) is 4.90 Å². The van der Waals surface area contributed by atoms with Gasteiger partial charge in [-0.15, -0.1) is 0 Å². The van der Waals surface area contributed by atoms with Crippen molar-refractivity contribution >= 4 is 11.9 Å². The largest absolute Gasteiger partial charge is 0.395 e. The molecule has 4 N–H and O–H groups in total. The quantitative estimate of drug-likeness (QED) is 0.488. The molecule has 1 atom stereocenters. The van der Waals surface area contributed by atoms with Gasteiger partial charge in [0.15, 0.2) is 0 Å². The first-order valence-corrected chi connectivity index (χ1v) is 4.09. The van der Waals surface area contributed by atoms with Crippen LogP contribution in [0.5, 0.6) is 0 Å². The number of nitrogens with zero attached hydrogens (tertiary/aromatic N) is 1. The maximum absolute atomic E-state index is 11.3. The van der Waals surface area contributed by atoms with Gasteiger partial charge >= 0.3 is 6.03 Å². The zero-order valence-corrected chi connectivity index (χ0v) is 7.19. The van der Waals surface area contributed by atoms with E-state index in [0.29, 0.717) is 13.1 Å². The summed E-state index contributed by atoms with van der Waals surface area (Å²) in [7, 11) is 0. The Balaban J connectivity index is 2.43. The number of nitrogens with one attached hydrogen (secondary N) is 1. The molecule has 6 heteroatoms. The van der Waals surface area contributed by atoms with Crippen LogP contribution in [0.4, 0.5) is 4.79 Å². The average molecular weight is 187 g/mol. The van der Waals surface area contributed by atoms with E-state index >= 15 is 0 Å². The van der Waals surface area contributed by atoms with Gasteiger partial charge in [-0.05, 0) is 0 Å². The van der Waals surface area contributed by atoms with Crippen LogP contribution < -0.4 is 11.1 Å². The molecule has 1 aliphatic heterocycles. The lowest BCUT2D eigenvalue weighted by Crippen LogP contribution is -2.39. The summed E-state index contributed by atoms with van der Waals surface area (Å²) in [6.07, 6.45) is 0.00389. The monoisotopic (exact) mass is 187 g/mol. The molecule has 0 unspecified atom stereocenters. The number of amides is 3. The third-order valence-electron chi connectivity index (χ3n) is 1.83. The van der Waals surface area contributed by atoms with Crippen LogP contribution in [-0.2, 0) is 4.79 Å². The molecule has 0 aromatic rings. The third kappa shape index (κ3) is 2.40. The van der Waals surface area contributed by atoms with Gasteiger partial charge in [-0.1, -0.05) is 0 Å². The zero-order valence-electron chi connectivity index (χ0n) is 7.19. The van der Waals surface area contributed by atoms with Gasteiger partial charge in [0.2, 0.25) is 5.91 Å². The molecule has 1 aliphatic rings. The van der Waals surface area contributed by atoms with Crippen molar-refractivity contribution in [2.45, 2.75) is 12.5 Å². The predicted molar refractivity (Wildman–Crippen MR) is 44.8 cm³/mol. The first-order chi connectivity index (χ1) is 6.15. The van der Waals surface area contributed by atoms with E-state index in [-0.39, 0.29) is 25.0 Å². The highest BCUT2D eigenvalue weighted by Gasteiger charge is 2.26. The third-order valence-corrected chi connectivity index (χ3v) is 1.83. The topological polar surface area (TPSA) is 95.7 Å². The number of carbonyl (C=O) groups is 2. The molecule has 13 heavy (non-hydrogen) atoms. The second-order valence-corrected chi connectivity index (χ2v) is 2.92. The summed E-state index contributed by atoms with van der Waals surface area (Å²) in [5, 5.41) is 11.1. The van der Waals surface area contributed by atoms with Crippen LogP contribution in [0.25, 0.3) is 0 Å². The highest BCUT2D eigenvalue weighted by molar-refractivity contribution is 5.95. The lowest BCUT2D eigenvalue weighted by atomic mass is 10.2. The molecule has 1 rings (SSSR count). The Bertz CT molecular complexity index is 219. The van der Waals surface area contributed by atoms with Crippen LogP contribution in [0.2, 0.25) is 0 Å². The summed E-state index contributed by atoms with van der Waals surface area (Å²) < 4.78 is 0. The molecule has 0 saturated carbocycles. The molecule has 1 heterocycles. The number of aliphatic hydroxyl groups is 1. The molecule has 3 amide bonds. The van der Waals surface area contributed by atoms with Crippen LogP contribution in [-0.4, -0.2) is 47.7 Å². The first-order valence-electron chi connectivity index (χ1n) is 4.09. The summed E-state index contributed by atoms with van der Waals surface area (Å²) in [5.74, 6) is -0.337. The number of nitrogens with two attached hydrogens (primary N) is 1. The number of hydrogen-bond acceptors (Lipinski definition) is 4. The molecule has 0 aromatic carbocycles. The first kappa shape index (κ1) is 9.94. The van der Waals surface area contributed by atoms with Crippen LogP contribution in [0.1, 0.15) is 6.42 Å². The van der Waals surface area contributed by atoms with Crippen LogP contribution in [0, 0.1) is 0 Å². The summed E-state index contributed by atoms with van der Waals surface area (Å²) in [5.41, 5.74) is 5.36. The number of carbonyl (C=O) groups excluding carboxylic acids is 2. The summed E-state index contributed by atoms with van der Waals surface area (Å²) in [4.78, 5) is 23.4. The minimum Gasteiger partial charge on any atom is -0.395 e. The molecule has 0 aliphatic carbocycles. The smallest absolute Gasteiger partial charge is 0.324 e. The van der Waals surface area contributed by atoms with Crippen molar-refractivity contribution in [3.8, 4) is 0 Å². The van der Waals surface area contributed by atoms with E-state index in [1.165, 1.54) is 0 Å². The number of urea groups is 1. The second kappa shape index (κ2) is 4.20. The van der Waals surface area contributed by atoms with Crippen molar-refractivity contribution in [3.05, 3.63) is 0 Å². The second-order valence-electron chi connectivity index (χ2n) is 2.92. The fraction of sp³-hybridized carbons (Fsp3) is 0.714. The van der Waals surface area contributed by atoms with Crippen LogP contribution in [0.15, 0.2) is 0 Å². The van der Waals surface area contributed by atoms with Crippen molar-refractivity contribution in [1.29, 1.82) is 0 Å². The summed E-state index contributed by atoms with van der Waals surface area (Å²) in [6, 6.07) is -0.962. The van der Waals surface area contributed by atoms with Crippen LogP contribution in [0.3, 0.4) is 0 Å². The van der Waals surface area contributed by atoms with E-state index in [1.807, 2.05) is 0 Å². The molecular weight excluding hydrogens is 174 g/mol. The Morgan fingerprint density at radius 3 is 2.92 bits per heavy atom. The van der Waals surface area contributed by atoms with Gasteiger partial charge in [-0.3, -0.25) is 9.69 Å². The molecule has 0 bridgehead atoms. The summed E-state index contributed by atoms with van der Waals surface area (Å²) >= 11 is 0. The van der Waals surface area contributed by atoms with E-state index in [9.17, 15) is 9.59 Å². The maximum Gasteiger partial charge on any atom is 0.324 e. The Morgan fingerprint density at radius 2 is 2.46 bits per heavy atom. The molecule has 0 spiro atoms. The van der Waals surface area contributed by atoms with Gasteiger partial charge < -0.3 is 16.2 Å². The van der Waals surface area contributed by atoms with E-state index in [1.54, 1.807) is 0 Å². The van der Waals surface area contributed by atoms with Gasteiger partial charge in [0, 0.05) is 25.6 Å². The van der Waals surface area contributed by atoms with Crippen molar-refractivity contribution < 1.29 is 14.7 Å². The average Bonchev–Trinajstić information content (AvgIpc) is 2.51. The Kier molecular flexibility index (Phi) is 3.21. The van der Waals surface area contributed by atoms with Crippen LogP contribution >= 0.6 is 0 Å². The highest BCUT2D eigenvalue weighted by Crippen LogP contribution is 2.01. The van der Waals surface area contributed by atoms with Crippen molar-refractivity contribution in [2.75, 3.05) is 19.7 Å². The van der Waals surface area contributed by atoms with Gasteiger partial charge in [0.05, 0.1) is 6.61 Å². The highest BCUT2D eigenvalue weighted by atomic mass is 16.3. The SMILES string of the molecule is N[C@@H](CO)CC(=O)N1CCNC1=O. The van der Waals surface area contributed by atoms with Crippen molar-refractivity contribution in [2.24, 2.45) is 5.73 Å². The Morgan fingerprint density at radius 1 is 1.77 bits per heavy atom. The van der Waals surface area contributed by atoms with Crippen molar-refractivity contribution in [3.63, 3.8) is 0 Å². The predicted octanol–water partition coefficient (Wildman–Crippen LogP) is -1.75. The van der Waals surface area contributed by atoms with Gasteiger partial charge in [0.25, 0.3) is 0 Å². The Labute approximate surface area is 75.7 Å². The molecule has 0 aromatic heterocycles. The maximum atomic E-state index is 11.3. The molecular formula is C7H13N3O3. The van der Waals surface area contributed by atoms with Crippen molar-refractivity contribution in [1.82, 2.24) is 10.2 Å². The number of aliphatic hydroxyl groups excluding tert-OH is 1. The molecule has 6 nitrogen and oxygen atoms in total. The molecule has 1 fully saturated rings.